The van der Waals surface area contributed by atoms with E-state index in [1.54, 1.807) is 48.5 Å². The summed E-state index contributed by atoms with van der Waals surface area (Å²) in [5.41, 5.74) is 0.888. The van der Waals surface area contributed by atoms with E-state index in [1.165, 1.54) is 0 Å². The van der Waals surface area contributed by atoms with Gasteiger partial charge in [-0.25, -0.2) is 4.39 Å². The molecule has 0 radical (unpaired) electrons. The molecule has 2 rings (SSSR count). The molecule has 0 spiro atoms. The average molecular weight is 413 g/mol. The Morgan fingerprint density at radius 3 is 2.13 bits per heavy atom. The van der Waals surface area contributed by atoms with Gasteiger partial charge in [-0.05, 0) is 24.3 Å². The highest BCUT2D eigenvalue weighted by Gasteiger charge is 2.49. The fraction of sp³-hybridized carbons (Fsp3) is 0.133. The summed E-state index contributed by atoms with van der Waals surface area (Å²) in [6, 6.07) is 15.4. The minimum Gasteiger partial charge on any atom is -0.322 e. The Kier molecular flexibility index (Phi) is 6.09. The molecule has 0 unspecified atom stereocenters. The minimum absolute atomic E-state index is 0.268. The highest BCUT2D eigenvalue weighted by Crippen LogP contribution is 2.54. The third kappa shape index (κ3) is 4.91. The van der Waals surface area contributed by atoms with Crippen LogP contribution in [0.4, 0.5) is 10.1 Å². The van der Waals surface area contributed by atoms with Crippen LogP contribution in [0.2, 0.25) is 0 Å². The molecule has 2 nitrogen and oxygen atoms in total. The van der Waals surface area contributed by atoms with Crippen LogP contribution in [0, 0.1) is 0 Å². The summed E-state index contributed by atoms with van der Waals surface area (Å²) in [6.07, 6.45) is 0. The SMILES string of the molecule is O=C(Nc1ccccc1)c1ccccc1SC(Cl)(Cl)C(F)(Cl)Cl. The molecule has 0 heterocycles. The van der Waals surface area contributed by atoms with Crippen molar-refractivity contribution in [2.45, 2.75) is 13.1 Å². The Bertz CT molecular complexity index is 691. The molecular weight excluding hydrogens is 403 g/mol. The molecule has 0 aliphatic heterocycles. The lowest BCUT2D eigenvalue weighted by Crippen LogP contribution is -2.28. The zero-order chi connectivity index (χ0) is 17.1. The van der Waals surface area contributed by atoms with Crippen molar-refractivity contribution >= 4 is 69.8 Å². The predicted molar refractivity (Wildman–Crippen MR) is 96.7 cm³/mol. The van der Waals surface area contributed by atoms with Crippen molar-refractivity contribution in [2.24, 2.45) is 0 Å². The Hall–Kier alpha value is -0.650. The lowest BCUT2D eigenvalue weighted by atomic mass is 10.2. The van der Waals surface area contributed by atoms with Gasteiger partial charge in [-0.3, -0.25) is 4.79 Å². The second-order valence-corrected chi connectivity index (χ2v) is 8.70. The van der Waals surface area contributed by atoms with Gasteiger partial charge < -0.3 is 5.32 Å². The van der Waals surface area contributed by atoms with Crippen molar-refractivity contribution in [3.8, 4) is 0 Å². The topological polar surface area (TPSA) is 29.1 Å². The van der Waals surface area contributed by atoms with Gasteiger partial charge in [-0.1, -0.05) is 88.5 Å². The molecule has 8 heteroatoms. The first kappa shape index (κ1) is 18.7. The number of anilines is 1. The molecule has 0 aromatic heterocycles. The molecule has 2 aromatic rings. The van der Waals surface area contributed by atoms with E-state index in [0.29, 0.717) is 22.3 Å². The van der Waals surface area contributed by atoms with Crippen LogP contribution in [-0.2, 0) is 0 Å². The molecule has 0 fully saturated rings. The second-order valence-electron chi connectivity index (χ2n) is 4.43. The van der Waals surface area contributed by atoms with Crippen LogP contribution in [0.15, 0.2) is 59.5 Å². The van der Waals surface area contributed by atoms with Crippen LogP contribution in [0.3, 0.4) is 0 Å². The molecule has 122 valence electrons. The van der Waals surface area contributed by atoms with E-state index in [0.717, 1.165) is 0 Å². The summed E-state index contributed by atoms with van der Waals surface area (Å²) >= 11 is 23.0. The van der Waals surface area contributed by atoms with E-state index in [2.05, 4.69) is 5.32 Å². The summed E-state index contributed by atoms with van der Waals surface area (Å²) < 4.78 is 8.60. The summed E-state index contributed by atoms with van der Waals surface area (Å²) in [5.74, 6) is -0.392. The molecule has 0 saturated heterocycles. The number of hydrogen-bond donors (Lipinski definition) is 1. The van der Waals surface area contributed by atoms with Crippen LogP contribution in [0.5, 0.6) is 0 Å². The molecule has 1 N–H and O–H groups in total. The van der Waals surface area contributed by atoms with Crippen LogP contribution in [0.1, 0.15) is 10.4 Å². The number of carbonyl (C=O) groups excluding carboxylic acids is 1. The smallest absolute Gasteiger partial charge is 0.300 e. The summed E-state index contributed by atoms with van der Waals surface area (Å²) in [7, 11) is 0. The van der Waals surface area contributed by atoms with Crippen molar-refractivity contribution in [2.75, 3.05) is 5.32 Å². The van der Waals surface area contributed by atoms with Gasteiger partial charge in [0, 0.05) is 10.6 Å². The summed E-state index contributed by atoms with van der Waals surface area (Å²) in [5, 5.41) is 2.72. The molecule has 1 amide bonds. The molecule has 0 saturated carbocycles. The highest BCUT2D eigenvalue weighted by atomic mass is 35.5. The summed E-state index contributed by atoms with van der Waals surface area (Å²) in [6.45, 7) is 0. The van der Waals surface area contributed by atoms with Crippen LogP contribution in [-0.4, -0.2) is 14.2 Å². The number of nitrogens with one attached hydrogen (secondary N) is 1. The standard InChI is InChI=1S/C15H10Cl4FNOS/c16-14(17,20)15(18,19)23-12-9-5-4-8-11(12)13(22)21-10-6-2-1-3-7-10/h1-9H,(H,21,22). The molecule has 0 atom stereocenters. The van der Waals surface area contributed by atoms with E-state index < -0.39 is 14.2 Å². The van der Waals surface area contributed by atoms with Gasteiger partial charge >= 0.3 is 0 Å². The van der Waals surface area contributed by atoms with Crippen molar-refractivity contribution in [3.05, 3.63) is 60.2 Å². The maximum atomic E-state index is 13.7. The van der Waals surface area contributed by atoms with E-state index in [4.69, 9.17) is 46.4 Å². The summed E-state index contributed by atoms with van der Waals surface area (Å²) in [4.78, 5) is 12.7. The Balaban J connectivity index is 2.26. The van der Waals surface area contributed by atoms with E-state index in [9.17, 15) is 9.18 Å². The minimum atomic E-state index is -2.90. The fourth-order valence-corrected chi connectivity index (χ4v) is 3.20. The zero-order valence-electron chi connectivity index (χ0n) is 11.4. The molecule has 23 heavy (non-hydrogen) atoms. The number of amides is 1. The van der Waals surface area contributed by atoms with E-state index in [1.807, 2.05) is 6.07 Å². The largest absolute Gasteiger partial charge is 0.322 e. The van der Waals surface area contributed by atoms with Gasteiger partial charge in [-0.2, -0.15) is 0 Å². The van der Waals surface area contributed by atoms with Crippen LogP contribution in [0.25, 0.3) is 0 Å². The lowest BCUT2D eigenvalue weighted by molar-refractivity contribution is 0.102. The maximum absolute atomic E-state index is 13.7. The van der Waals surface area contributed by atoms with Crippen molar-refractivity contribution in [1.29, 1.82) is 0 Å². The van der Waals surface area contributed by atoms with Crippen molar-refractivity contribution in [3.63, 3.8) is 0 Å². The van der Waals surface area contributed by atoms with Crippen molar-refractivity contribution < 1.29 is 9.18 Å². The van der Waals surface area contributed by atoms with Gasteiger partial charge in [0.2, 0.25) is 3.67 Å². The molecule has 0 aliphatic rings. The van der Waals surface area contributed by atoms with Gasteiger partial charge in [0.25, 0.3) is 10.5 Å². The molecule has 2 aromatic carbocycles. The monoisotopic (exact) mass is 411 g/mol. The van der Waals surface area contributed by atoms with E-state index in [-0.39, 0.29) is 5.56 Å². The number of carbonyl (C=O) groups is 1. The number of benzene rings is 2. The average Bonchev–Trinajstić information content (AvgIpc) is 2.47. The third-order valence-electron chi connectivity index (χ3n) is 2.73. The Morgan fingerprint density at radius 1 is 0.957 bits per heavy atom. The lowest BCUT2D eigenvalue weighted by Gasteiger charge is -2.25. The number of para-hydroxylation sites is 1. The first-order valence-electron chi connectivity index (χ1n) is 6.30. The van der Waals surface area contributed by atoms with Crippen LogP contribution >= 0.6 is 58.2 Å². The van der Waals surface area contributed by atoms with Gasteiger partial charge in [0.05, 0.1) is 5.56 Å². The fourth-order valence-electron chi connectivity index (χ4n) is 1.66. The number of thioether (sulfide) groups is 1. The van der Waals surface area contributed by atoms with E-state index >= 15 is 0 Å². The number of rotatable bonds is 5. The molecule has 0 aliphatic carbocycles. The normalized spacial score (nSPS) is 12.0. The number of alkyl halides is 5. The van der Waals surface area contributed by atoms with Gasteiger partial charge in [0.1, 0.15) is 0 Å². The second kappa shape index (κ2) is 7.49. The Morgan fingerprint density at radius 2 is 1.52 bits per heavy atom. The molecule has 0 bridgehead atoms. The number of hydrogen-bond acceptors (Lipinski definition) is 2. The third-order valence-corrected chi connectivity index (χ3v) is 6.01. The highest BCUT2D eigenvalue weighted by molar-refractivity contribution is 8.03. The first-order chi connectivity index (χ1) is 10.7. The maximum Gasteiger partial charge on any atom is 0.300 e. The Labute approximate surface area is 157 Å². The quantitative estimate of drug-likeness (QED) is 0.463. The number of halogens is 5. The van der Waals surface area contributed by atoms with Crippen molar-refractivity contribution in [1.82, 2.24) is 0 Å². The van der Waals surface area contributed by atoms with Crippen LogP contribution < -0.4 is 5.32 Å². The predicted octanol–water partition coefficient (Wildman–Crippen LogP) is 6.26. The van der Waals surface area contributed by atoms with Gasteiger partial charge in [-0.15, -0.1) is 0 Å². The van der Waals surface area contributed by atoms with Gasteiger partial charge in [0.15, 0.2) is 0 Å². The molecular formula is C15H10Cl4FNOS. The first-order valence-corrected chi connectivity index (χ1v) is 8.62. The zero-order valence-corrected chi connectivity index (χ0v) is 15.2.